The van der Waals surface area contributed by atoms with Gasteiger partial charge in [0.15, 0.2) is 0 Å². The quantitative estimate of drug-likeness (QED) is 0.704. The van der Waals surface area contributed by atoms with Crippen LogP contribution in [0.5, 0.6) is 0 Å². The van der Waals surface area contributed by atoms with Gasteiger partial charge >= 0.3 is 5.97 Å². The van der Waals surface area contributed by atoms with Crippen LogP contribution in [-0.2, 0) is 14.8 Å². The van der Waals surface area contributed by atoms with Crippen molar-refractivity contribution < 1.29 is 23.1 Å². The molecular weight excluding hydrogens is 368 g/mol. The van der Waals surface area contributed by atoms with Gasteiger partial charge in [0.05, 0.1) is 10.6 Å². The molecule has 1 amide bonds. The van der Waals surface area contributed by atoms with Gasteiger partial charge in [0.2, 0.25) is 0 Å². The Labute approximate surface area is 157 Å². The topological polar surface area (TPSA) is 113 Å². The van der Waals surface area contributed by atoms with E-state index in [-0.39, 0.29) is 10.5 Å². The number of carboxylic acids is 1. The first kappa shape index (κ1) is 18.9. The average Bonchev–Trinajstić information content (AvgIpc) is 3.40. The second-order valence-corrected chi connectivity index (χ2v) is 8.40. The van der Waals surface area contributed by atoms with Crippen LogP contribution in [0.15, 0.2) is 47.4 Å². The molecule has 2 aromatic carbocycles. The number of amides is 1. The number of nitrogens with one attached hydrogen (secondary N) is 2. The first-order chi connectivity index (χ1) is 12.6. The zero-order valence-corrected chi connectivity index (χ0v) is 15.8. The maximum atomic E-state index is 12.6. The highest BCUT2D eigenvalue weighted by Crippen LogP contribution is 2.35. The lowest BCUT2D eigenvalue weighted by Gasteiger charge is -2.14. The third-order valence-corrected chi connectivity index (χ3v) is 6.17. The molecule has 1 saturated carbocycles. The van der Waals surface area contributed by atoms with E-state index >= 15 is 0 Å². The number of aryl methyl sites for hydroxylation is 1. The largest absolute Gasteiger partial charge is 0.480 e. The maximum absolute atomic E-state index is 12.6. The van der Waals surface area contributed by atoms with Gasteiger partial charge in [-0.3, -0.25) is 9.52 Å². The third-order valence-electron chi connectivity index (χ3n) is 4.79. The Morgan fingerprint density at radius 2 is 1.67 bits per heavy atom. The van der Waals surface area contributed by atoms with Crippen molar-refractivity contribution in [1.29, 1.82) is 0 Å². The second kappa shape index (κ2) is 6.70. The molecule has 1 fully saturated rings. The number of carboxylic acid groups (broad SMARTS) is 1. The fraction of sp³-hybridized carbons (Fsp3) is 0.263. The standard InChI is InChI=1S/C19H20N2O5S/c1-12-4-3-5-16(13(12)2)21-27(25,26)15-8-6-14(7-9-15)17(22)20-19(10-11-19)18(23)24/h3-9,21H,10-11H2,1-2H3,(H,20,22)(H,23,24). The Morgan fingerprint density at radius 1 is 1.04 bits per heavy atom. The van der Waals surface area contributed by atoms with Gasteiger partial charge in [-0.1, -0.05) is 12.1 Å². The number of hydrogen-bond acceptors (Lipinski definition) is 4. The molecule has 0 atom stereocenters. The number of rotatable bonds is 6. The summed E-state index contributed by atoms with van der Waals surface area (Å²) < 4.78 is 27.7. The van der Waals surface area contributed by atoms with Crippen molar-refractivity contribution in [2.75, 3.05) is 4.72 Å². The van der Waals surface area contributed by atoms with Gasteiger partial charge in [0.1, 0.15) is 5.54 Å². The zero-order valence-electron chi connectivity index (χ0n) is 14.9. The van der Waals surface area contributed by atoms with Crippen molar-refractivity contribution in [2.24, 2.45) is 0 Å². The van der Waals surface area contributed by atoms with Crippen LogP contribution in [0.4, 0.5) is 5.69 Å². The average molecular weight is 388 g/mol. The number of aliphatic carboxylic acids is 1. The molecular formula is C19H20N2O5S. The molecule has 3 N–H and O–H groups in total. The molecule has 8 heteroatoms. The minimum Gasteiger partial charge on any atom is -0.480 e. The van der Waals surface area contributed by atoms with Gasteiger partial charge in [-0.15, -0.1) is 0 Å². The number of hydrogen-bond donors (Lipinski definition) is 3. The van der Waals surface area contributed by atoms with Crippen molar-refractivity contribution in [3.05, 3.63) is 59.2 Å². The van der Waals surface area contributed by atoms with E-state index in [9.17, 15) is 18.0 Å². The van der Waals surface area contributed by atoms with E-state index in [1.165, 1.54) is 24.3 Å². The summed E-state index contributed by atoms with van der Waals surface area (Å²) in [6.45, 7) is 3.72. The second-order valence-electron chi connectivity index (χ2n) is 6.72. The van der Waals surface area contributed by atoms with Crippen molar-refractivity contribution >= 4 is 27.6 Å². The predicted octanol–water partition coefficient (Wildman–Crippen LogP) is 2.45. The van der Waals surface area contributed by atoms with Crippen LogP contribution >= 0.6 is 0 Å². The molecule has 0 aromatic heterocycles. The van der Waals surface area contributed by atoms with Crippen molar-refractivity contribution in [3.8, 4) is 0 Å². The Hall–Kier alpha value is -2.87. The van der Waals surface area contributed by atoms with Crippen LogP contribution in [0.1, 0.15) is 34.3 Å². The number of anilines is 1. The van der Waals surface area contributed by atoms with Gasteiger partial charge in [0, 0.05) is 5.56 Å². The Bertz CT molecular complexity index is 1010. The molecule has 0 heterocycles. The number of carbonyl (C=O) groups is 2. The molecule has 2 aromatic rings. The third kappa shape index (κ3) is 3.80. The molecule has 0 radical (unpaired) electrons. The van der Waals surface area contributed by atoms with Crippen LogP contribution in [0.2, 0.25) is 0 Å². The number of sulfonamides is 1. The van der Waals surface area contributed by atoms with Crippen molar-refractivity contribution in [3.63, 3.8) is 0 Å². The van der Waals surface area contributed by atoms with Crippen molar-refractivity contribution in [2.45, 2.75) is 37.1 Å². The molecule has 0 spiro atoms. The van der Waals surface area contributed by atoms with Crippen LogP contribution in [0.25, 0.3) is 0 Å². The summed E-state index contributed by atoms with van der Waals surface area (Å²) in [7, 11) is -3.81. The van der Waals surface area contributed by atoms with Crippen LogP contribution in [0, 0.1) is 13.8 Å². The molecule has 1 aliphatic carbocycles. The summed E-state index contributed by atoms with van der Waals surface area (Å²) in [4.78, 5) is 23.4. The minimum atomic E-state index is -3.81. The van der Waals surface area contributed by atoms with E-state index in [2.05, 4.69) is 10.0 Å². The molecule has 0 unspecified atom stereocenters. The SMILES string of the molecule is Cc1cccc(NS(=O)(=O)c2ccc(C(=O)NC3(C(=O)O)CC3)cc2)c1C. The lowest BCUT2D eigenvalue weighted by molar-refractivity contribution is -0.140. The Morgan fingerprint density at radius 3 is 2.22 bits per heavy atom. The lowest BCUT2D eigenvalue weighted by Crippen LogP contribution is -2.43. The van der Waals surface area contributed by atoms with Gasteiger partial charge in [-0.05, 0) is 68.1 Å². The summed E-state index contributed by atoms with van der Waals surface area (Å²) in [5, 5.41) is 11.6. The minimum absolute atomic E-state index is 0.0133. The molecule has 0 bridgehead atoms. The van der Waals surface area contributed by atoms with Crippen LogP contribution < -0.4 is 10.0 Å². The number of benzene rings is 2. The first-order valence-corrected chi connectivity index (χ1v) is 9.88. The normalized spacial score (nSPS) is 15.0. The highest BCUT2D eigenvalue weighted by atomic mass is 32.2. The fourth-order valence-electron chi connectivity index (χ4n) is 2.66. The highest BCUT2D eigenvalue weighted by molar-refractivity contribution is 7.92. The smallest absolute Gasteiger partial charge is 0.329 e. The van der Waals surface area contributed by atoms with Crippen LogP contribution in [-0.4, -0.2) is 30.9 Å². The van der Waals surface area contributed by atoms with Gasteiger partial charge < -0.3 is 10.4 Å². The maximum Gasteiger partial charge on any atom is 0.329 e. The first-order valence-electron chi connectivity index (χ1n) is 8.40. The predicted molar refractivity (Wildman–Crippen MR) is 100 cm³/mol. The fourth-order valence-corrected chi connectivity index (χ4v) is 3.78. The molecule has 27 heavy (non-hydrogen) atoms. The highest BCUT2D eigenvalue weighted by Gasteiger charge is 2.51. The molecule has 7 nitrogen and oxygen atoms in total. The Balaban J connectivity index is 1.77. The Kier molecular flexibility index (Phi) is 4.69. The van der Waals surface area contributed by atoms with E-state index in [0.29, 0.717) is 18.5 Å². The summed E-state index contributed by atoms with van der Waals surface area (Å²) in [6, 6.07) is 10.7. The van der Waals surface area contributed by atoms with E-state index in [1.807, 2.05) is 19.9 Å². The lowest BCUT2D eigenvalue weighted by atomic mass is 10.1. The summed E-state index contributed by atoms with van der Waals surface area (Å²) in [5.41, 5.74) is 1.31. The van der Waals surface area contributed by atoms with E-state index < -0.39 is 27.4 Å². The molecule has 142 valence electrons. The zero-order chi connectivity index (χ0) is 19.8. The molecule has 3 rings (SSSR count). The molecule has 1 aliphatic rings. The van der Waals surface area contributed by atoms with Gasteiger partial charge in [0.25, 0.3) is 15.9 Å². The van der Waals surface area contributed by atoms with E-state index in [0.717, 1.165) is 11.1 Å². The monoisotopic (exact) mass is 388 g/mol. The molecule has 0 saturated heterocycles. The van der Waals surface area contributed by atoms with Gasteiger partial charge in [-0.2, -0.15) is 0 Å². The summed E-state index contributed by atoms with van der Waals surface area (Å²) >= 11 is 0. The van der Waals surface area contributed by atoms with Crippen molar-refractivity contribution in [1.82, 2.24) is 5.32 Å². The summed E-state index contributed by atoms with van der Waals surface area (Å²) in [5.74, 6) is -1.60. The van der Waals surface area contributed by atoms with Crippen LogP contribution in [0.3, 0.4) is 0 Å². The van der Waals surface area contributed by atoms with Gasteiger partial charge in [-0.25, -0.2) is 13.2 Å². The molecule has 0 aliphatic heterocycles. The summed E-state index contributed by atoms with van der Waals surface area (Å²) in [6.07, 6.45) is 0.778. The van der Waals surface area contributed by atoms with E-state index in [4.69, 9.17) is 5.11 Å². The number of carbonyl (C=O) groups excluding carboxylic acids is 1. The van der Waals surface area contributed by atoms with E-state index in [1.54, 1.807) is 12.1 Å².